The Hall–Kier alpha value is -4.17. The van der Waals surface area contributed by atoms with Crippen LogP contribution < -0.4 is 16.4 Å². The summed E-state index contributed by atoms with van der Waals surface area (Å²) in [7, 11) is 1.51. The average molecular weight is 447 g/mol. The van der Waals surface area contributed by atoms with Crippen LogP contribution in [0.3, 0.4) is 0 Å². The number of pyridine rings is 1. The molecule has 4 N–H and O–H groups in total. The lowest BCUT2D eigenvalue weighted by Crippen LogP contribution is -2.18. The van der Waals surface area contributed by atoms with Gasteiger partial charge in [-0.25, -0.2) is 9.67 Å². The molecule has 0 bridgehead atoms. The topological polar surface area (TPSA) is 115 Å². The lowest BCUT2D eigenvalue weighted by Gasteiger charge is -2.11. The Morgan fingerprint density at radius 1 is 0.969 bits per heavy atom. The number of rotatable bonds is 5. The Kier molecular flexibility index (Phi) is 5.87. The summed E-state index contributed by atoms with van der Waals surface area (Å²) in [5.74, 6) is -0.135. The largest absolute Gasteiger partial charge is 0.384 e. The number of hydrogen-bond donors (Lipinski definition) is 3. The summed E-state index contributed by atoms with van der Waals surface area (Å²) in [5, 5.41) is 9.94. The smallest absolute Gasteiger partial charge is 0.271 e. The van der Waals surface area contributed by atoms with E-state index in [-0.39, 0.29) is 22.2 Å². The molecule has 0 radical (unpaired) electrons. The van der Waals surface area contributed by atoms with Crippen LogP contribution in [0, 0.1) is 0 Å². The number of nitrogens with two attached hydrogens (primary N) is 1. The van der Waals surface area contributed by atoms with Crippen molar-refractivity contribution in [3.63, 3.8) is 0 Å². The van der Waals surface area contributed by atoms with Crippen molar-refractivity contribution < 1.29 is 9.59 Å². The highest BCUT2D eigenvalue weighted by Crippen LogP contribution is 2.26. The molecule has 0 spiro atoms. The third-order valence-electron chi connectivity index (χ3n) is 4.69. The summed E-state index contributed by atoms with van der Waals surface area (Å²) >= 11 is 6.32. The van der Waals surface area contributed by atoms with Gasteiger partial charge in [0, 0.05) is 18.7 Å². The maximum atomic E-state index is 13.1. The minimum atomic E-state index is -0.457. The van der Waals surface area contributed by atoms with Crippen molar-refractivity contribution in [2.75, 3.05) is 18.1 Å². The number of amides is 2. The number of anilines is 2. The highest BCUT2D eigenvalue weighted by Gasteiger charge is 2.19. The number of hydrogen-bond acceptors (Lipinski definition) is 5. The van der Waals surface area contributed by atoms with Gasteiger partial charge >= 0.3 is 0 Å². The van der Waals surface area contributed by atoms with Crippen LogP contribution in [0.5, 0.6) is 0 Å². The molecule has 0 atom stereocenters. The van der Waals surface area contributed by atoms with E-state index < -0.39 is 5.91 Å². The third kappa shape index (κ3) is 4.30. The molecule has 8 nitrogen and oxygen atoms in total. The first-order valence-corrected chi connectivity index (χ1v) is 10.1. The molecular weight excluding hydrogens is 428 g/mol. The van der Waals surface area contributed by atoms with E-state index in [1.54, 1.807) is 36.4 Å². The van der Waals surface area contributed by atoms with E-state index in [0.717, 1.165) is 0 Å². The number of para-hydroxylation sites is 1. The molecule has 9 heteroatoms. The molecule has 0 saturated carbocycles. The van der Waals surface area contributed by atoms with E-state index in [1.165, 1.54) is 17.8 Å². The number of nitrogens with one attached hydrogen (secondary N) is 2. The summed E-state index contributed by atoms with van der Waals surface area (Å²) in [5.41, 5.74) is 8.17. The lowest BCUT2D eigenvalue weighted by molar-refractivity contribution is 0.0956. The van der Waals surface area contributed by atoms with Crippen LogP contribution in [-0.2, 0) is 0 Å². The molecule has 0 saturated heterocycles. The fourth-order valence-electron chi connectivity index (χ4n) is 3.13. The maximum Gasteiger partial charge on any atom is 0.271 e. The predicted molar refractivity (Wildman–Crippen MR) is 124 cm³/mol. The summed E-state index contributed by atoms with van der Waals surface area (Å²) in [6.07, 6.45) is 0. The Balaban J connectivity index is 1.71. The molecule has 4 aromatic rings. The first-order valence-electron chi connectivity index (χ1n) is 9.67. The summed E-state index contributed by atoms with van der Waals surface area (Å²) in [4.78, 5) is 29.5. The van der Waals surface area contributed by atoms with Crippen LogP contribution in [0.1, 0.15) is 20.8 Å². The van der Waals surface area contributed by atoms with Gasteiger partial charge in [-0.3, -0.25) is 9.59 Å². The Morgan fingerprint density at radius 2 is 1.75 bits per heavy atom. The number of carbonyl (C=O) groups excluding carboxylic acids is 2. The second-order valence-corrected chi connectivity index (χ2v) is 7.24. The monoisotopic (exact) mass is 446 g/mol. The van der Waals surface area contributed by atoms with Crippen molar-refractivity contribution >= 4 is 35.1 Å². The zero-order valence-electron chi connectivity index (χ0n) is 17.0. The van der Waals surface area contributed by atoms with Gasteiger partial charge in [0.1, 0.15) is 11.6 Å². The van der Waals surface area contributed by atoms with Crippen LogP contribution in [-0.4, -0.2) is 33.6 Å². The van der Waals surface area contributed by atoms with Crippen molar-refractivity contribution in [3.05, 3.63) is 89.1 Å². The SMILES string of the molecule is CNC(=O)c1cc(NC(=O)c2cc(-c3cccc(N)n3)ccc2Cl)n(-c2ccccc2)n1. The van der Waals surface area contributed by atoms with E-state index in [1.807, 2.05) is 30.3 Å². The van der Waals surface area contributed by atoms with Crippen LogP contribution in [0.2, 0.25) is 5.02 Å². The molecule has 32 heavy (non-hydrogen) atoms. The van der Waals surface area contributed by atoms with Crippen molar-refractivity contribution in [3.8, 4) is 16.9 Å². The zero-order chi connectivity index (χ0) is 22.7. The zero-order valence-corrected chi connectivity index (χ0v) is 17.8. The normalized spacial score (nSPS) is 10.6. The highest BCUT2D eigenvalue weighted by molar-refractivity contribution is 6.34. The Morgan fingerprint density at radius 3 is 2.47 bits per heavy atom. The highest BCUT2D eigenvalue weighted by atomic mass is 35.5. The van der Waals surface area contributed by atoms with E-state index in [2.05, 4.69) is 20.7 Å². The number of benzene rings is 2. The first-order chi connectivity index (χ1) is 15.5. The molecule has 2 aromatic heterocycles. The van der Waals surface area contributed by atoms with Gasteiger partial charge in [-0.05, 0) is 36.4 Å². The predicted octanol–water partition coefficient (Wildman–Crippen LogP) is 3.78. The van der Waals surface area contributed by atoms with Crippen molar-refractivity contribution in [1.82, 2.24) is 20.1 Å². The number of halogens is 1. The second kappa shape index (κ2) is 8.91. The van der Waals surface area contributed by atoms with Gasteiger partial charge < -0.3 is 16.4 Å². The van der Waals surface area contributed by atoms with Gasteiger partial charge in [-0.2, -0.15) is 5.10 Å². The van der Waals surface area contributed by atoms with Crippen molar-refractivity contribution in [1.29, 1.82) is 0 Å². The standard InChI is InChI=1S/C23H19ClN6O2/c1-26-23(32)19-13-21(30(29-19)15-6-3-2-4-7-15)28-22(31)16-12-14(10-11-17(16)24)18-8-5-9-20(25)27-18/h2-13H,1H3,(H2,25,27)(H,26,32)(H,28,31). The summed E-state index contributed by atoms with van der Waals surface area (Å²) in [6, 6.07) is 20.9. The van der Waals surface area contributed by atoms with Gasteiger partial charge in [0.15, 0.2) is 5.69 Å². The molecular formula is C23H19ClN6O2. The van der Waals surface area contributed by atoms with Crippen molar-refractivity contribution in [2.45, 2.75) is 0 Å². The van der Waals surface area contributed by atoms with Gasteiger partial charge in [0.05, 0.1) is 22.0 Å². The van der Waals surface area contributed by atoms with Crippen LogP contribution >= 0.6 is 11.6 Å². The van der Waals surface area contributed by atoms with Gasteiger partial charge in [0.2, 0.25) is 0 Å². The van der Waals surface area contributed by atoms with E-state index >= 15 is 0 Å². The van der Waals surface area contributed by atoms with E-state index in [4.69, 9.17) is 17.3 Å². The summed E-state index contributed by atoms with van der Waals surface area (Å²) in [6.45, 7) is 0. The molecule has 2 aromatic carbocycles. The minimum absolute atomic E-state index is 0.162. The Labute approximate surface area is 189 Å². The van der Waals surface area contributed by atoms with Gasteiger partial charge in [-0.1, -0.05) is 41.9 Å². The number of aromatic nitrogens is 3. The molecule has 2 amide bonds. The molecule has 0 aliphatic carbocycles. The molecule has 0 fully saturated rings. The molecule has 2 heterocycles. The summed E-state index contributed by atoms with van der Waals surface area (Å²) < 4.78 is 1.49. The first kappa shape index (κ1) is 21.1. The van der Waals surface area contributed by atoms with Crippen LogP contribution in [0.25, 0.3) is 16.9 Å². The molecule has 0 aliphatic rings. The second-order valence-electron chi connectivity index (χ2n) is 6.84. The fourth-order valence-corrected chi connectivity index (χ4v) is 3.33. The number of carbonyl (C=O) groups is 2. The lowest BCUT2D eigenvalue weighted by atomic mass is 10.1. The Bertz CT molecular complexity index is 1300. The van der Waals surface area contributed by atoms with Crippen LogP contribution in [0.4, 0.5) is 11.6 Å². The van der Waals surface area contributed by atoms with E-state index in [9.17, 15) is 9.59 Å². The van der Waals surface area contributed by atoms with Crippen LogP contribution in [0.15, 0.2) is 72.8 Å². The van der Waals surface area contributed by atoms with Gasteiger partial charge in [-0.15, -0.1) is 0 Å². The molecule has 0 aliphatic heterocycles. The minimum Gasteiger partial charge on any atom is -0.384 e. The third-order valence-corrected chi connectivity index (χ3v) is 5.02. The molecule has 0 unspecified atom stereocenters. The maximum absolute atomic E-state index is 13.1. The van der Waals surface area contributed by atoms with Gasteiger partial charge in [0.25, 0.3) is 11.8 Å². The fraction of sp³-hybridized carbons (Fsp3) is 0.0435. The number of nitrogen functional groups attached to an aromatic ring is 1. The molecule has 160 valence electrons. The average Bonchev–Trinajstić information content (AvgIpc) is 3.23. The quantitative estimate of drug-likeness (QED) is 0.431. The molecule has 4 rings (SSSR count). The van der Waals surface area contributed by atoms with Crippen molar-refractivity contribution in [2.24, 2.45) is 0 Å². The van der Waals surface area contributed by atoms with E-state index in [0.29, 0.717) is 28.6 Å². The number of nitrogens with zero attached hydrogens (tertiary/aromatic N) is 3.